The van der Waals surface area contributed by atoms with E-state index in [0.29, 0.717) is 11.3 Å². The molecule has 0 bridgehead atoms. The van der Waals surface area contributed by atoms with Crippen molar-refractivity contribution in [2.45, 2.75) is 31.3 Å². The van der Waals surface area contributed by atoms with Crippen molar-refractivity contribution in [3.63, 3.8) is 0 Å². The Morgan fingerprint density at radius 3 is 2.44 bits per heavy atom. The second-order valence-corrected chi connectivity index (χ2v) is 7.14. The summed E-state index contributed by atoms with van der Waals surface area (Å²) in [6.45, 7) is 5.03. The van der Waals surface area contributed by atoms with E-state index < -0.39 is 16.4 Å². The number of hydrogen-bond acceptors (Lipinski definition) is 5. The molecule has 7 heteroatoms. The van der Waals surface area contributed by atoms with Crippen LogP contribution in [-0.4, -0.2) is 27.3 Å². The minimum atomic E-state index is -1.58. The molecule has 1 unspecified atom stereocenters. The van der Waals surface area contributed by atoms with Crippen molar-refractivity contribution < 1.29 is 14.8 Å². The summed E-state index contributed by atoms with van der Waals surface area (Å²) in [6.07, 6.45) is 0. The van der Waals surface area contributed by atoms with Crippen LogP contribution in [0.4, 0.5) is 11.4 Å². The minimum absolute atomic E-state index is 0.0142. The Morgan fingerprint density at radius 2 is 1.88 bits per heavy atom. The molecule has 6 nitrogen and oxygen atoms in total. The topological polar surface area (TPSA) is 92.5 Å². The fraction of sp³-hybridized carbons (Fsp3) is 0.278. The van der Waals surface area contributed by atoms with Gasteiger partial charge in [0.15, 0.2) is 0 Å². The number of benzene rings is 2. The molecule has 2 aromatic rings. The first-order valence-electron chi connectivity index (χ1n) is 7.67. The molecular weight excluding hydrogens is 340 g/mol. The second-order valence-electron chi connectivity index (χ2n) is 6.09. The van der Waals surface area contributed by atoms with Gasteiger partial charge in [0.1, 0.15) is 5.60 Å². The minimum Gasteiger partial charge on any atom is -0.379 e. The number of nitro groups is 1. The lowest BCUT2D eigenvalue weighted by Gasteiger charge is -2.22. The van der Waals surface area contributed by atoms with Gasteiger partial charge in [-0.1, -0.05) is 17.7 Å². The number of carbonyl (C=O) groups is 1. The number of thioether (sulfide) groups is 1. The van der Waals surface area contributed by atoms with Gasteiger partial charge in [-0.3, -0.25) is 14.9 Å². The van der Waals surface area contributed by atoms with E-state index in [2.05, 4.69) is 5.32 Å². The third-order valence-corrected chi connectivity index (χ3v) is 4.99. The highest BCUT2D eigenvalue weighted by Gasteiger charge is 2.30. The lowest BCUT2D eigenvalue weighted by Crippen LogP contribution is -2.42. The number of amides is 1. The molecule has 132 valence electrons. The van der Waals surface area contributed by atoms with E-state index in [1.807, 2.05) is 31.2 Å². The van der Waals surface area contributed by atoms with Crippen LogP contribution in [0.3, 0.4) is 0 Å². The van der Waals surface area contributed by atoms with Crippen molar-refractivity contribution in [2.75, 3.05) is 11.1 Å². The van der Waals surface area contributed by atoms with Crippen molar-refractivity contribution in [3.05, 3.63) is 63.7 Å². The molecule has 0 radical (unpaired) electrons. The van der Waals surface area contributed by atoms with Gasteiger partial charge in [0.05, 0.1) is 4.92 Å². The van der Waals surface area contributed by atoms with Gasteiger partial charge in [-0.15, -0.1) is 11.8 Å². The Hall–Kier alpha value is -2.38. The van der Waals surface area contributed by atoms with Crippen molar-refractivity contribution in [1.29, 1.82) is 0 Å². The number of aliphatic hydroxyl groups is 1. The molecule has 25 heavy (non-hydrogen) atoms. The molecule has 1 amide bonds. The molecule has 0 fully saturated rings. The normalized spacial score (nSPS) is 13.1. The predicted octanol–water partition coefficient (Wildman–Crippen LogP) is 3.69. The van der Waals surface area contributed by atoms with Crippen LogP contribution in [0, 0.1) is 24.0 Å². The summed E-state index contributed by atoms with van der Waals surface area (Å²) in [4.78, 5) is 23.6. The summed E-state index contributed by atoms with van der Waals surface area (Å²) in [5.74, 6) is -0.367. The molecule has 2 rings (SSSR count). The Morgan fingerprint density at radius 1 is 1.24 bits per heavy atom. The maximum Gasteiger partial charge on any atom is 0.272 e. The molecule has 0 spiro atoms. The molecule has 2 aromatic carbocycles. The summed E-state index contributed by atoms with van der Waals surface area (Å²) in [6, 6.07) is 12.1. The fourth-order valence-electron chi connectivity index (χ4n) is 2.13. The summed E-state index contributed by atoms with van der Waals surface area (Å²) >= 11 is 1.38. The van der Waals surface area contributed by atoms with Crippen LogP contribution < -0.4 is 5.32 Å². The number of nitro benzene ring substituents is 1. The zero-order valence-corrected chi connectivity index (χ0v) is 15.1. The highest BCUT2D eigenvalue weighted by atomic mass is 32.2. The van der Waals surface area contributed by atoms with E-state index in [4.69, 9.17) is 0 Å². The van der Waals surface area contributed by atoms with Crippen LogP contribution in [-0.2, 0) is 4.79 Å². The third kappa shape index (κ3) is 5.04. The van der Waals surface area contributed by atoms with Crippen molar-refractivity contribution in [2.24, 2.45) is 0 Å². The van der Waals surface area contributed by atoms with Crippen LogP contribution in [0.5, 0.6) is 0 Å². The quantitative estimate of drug-likeness (QED) is 0.465. The number of hydrogen-bond donors (Lipinski definition) is 2. The molecular formula is C18H20N2O4S. The van der Waals surface area contributed by atoms with Crippen molar-refractivity contribution in [1.82, 2.24) is 0 Å². The molecule has 0 saturated carbocycles. The van der Waals surface area contributed by atoms with Gasteiger partial charge in [0.25, 0.3) is 11.6 Å². The van der Waals surface area contributed by atoms with E-state index in [9.17, 15) is 20.0 Å². The molecule has 0 aromatic heterocycles. The molecule has 0 aliphatic carbocycles. The Labute approximate surface area is 150 Å². The first kappa shape index (κ1) is 19.0. The average molecular weight is 360 g/mol. The van der Waals surface area contributed by atoms with E-state index in [1.165, 1.54) is 36.9 Å². The maximum atomic E-state index is 12.3. The number of anilines is 1. The Balaban J connectivity index is 2.01. The van der Waals surface area contributed by atoms with Crippen molar-refractivity contribution >= 4 is 29.0 Å². The van der Waals surface area contributed by atoms with Crippen molar-refractivity contribution in [3.8, 4) is 0 Å². The van der Waals surface area contributed by atoms with Crippen LogP contribution in [0.1, 0.15) is 18.1 Å². The summed E-state index contributed by atoms with van der Waals surface area (Å²) in [7, 11) is 0. The van der Waals surface area contributed by atoms with E-state index in [0.717, 1.165) is 10.5 Å². The number of nitrogens with zero attached hydrogens (tertiary/aromatic N) is 1. The summed E-state index contributed by atoms with van der Waals surface area (Å²) < 4.78 is 0. The monoisotopic (exact) mass is 360 g/mol. The lowest BCUT2D eigenvalue weighted by molar-refractivity contribution is -0.385. The molecule has 0 aliphatic heterocycles. The van der Waals surface area contributed by atoms with Gasteiger partial charge < -0.3 is 10.4 Å². The SMILES string of the molecule is Cc1ccc(SCC(C)(O)C(=O)Nc2ccc([N+](=O)[O-])c(C)c2)cc1. The highest BCUT2D eigenvalue weighted by molar-refractivity contribution is 7.99. The third-order valence-electron chi connectivity index (χ3n) is 3.68. The summed E-state index contributed by atoms with van der Waals surface area (Å²) in [5, 5.41) is 23.9. The van der Waals surface area contributed by atoms with Gasteiger partial charge in [0.2, 0.25) is 0 Å². The molecule has 0 heterocycles. The van der Waals surface area contributed by atoms with Gasteiger partial charge in [0, 0.05) is 28.0 Å². The zero-order valence-electron chi connectivity index (χ0n) is 14.3. The first-order chi connectivity index (χ1) is 11.7. The van der Waals surface area contributed by atoms with Crippen LogP contribution in [0.25, 0.3) is 0 Å². The largest absolute Gasteiger partial charge is 0.379 e. The fourth-order valence-corrected chi connectivity index (χ4v) is 3.04. The van der Waals surface area contributed by atoms with Gasteiger partial charge in [-0.05, 0) is 45.0 Å². The molecule has 0 saturated heterocycles. The standard InChI is InChI=1S/C18H20N2O4S/c1-12-4-7-15(8-5-12)25-11-18(3,22)17(21)19-14-6-9-16(20(23)24)13(2)10-14/h4-10,22H,11H2,1-3H3,(H,19,21). The maximum absolute atomic E-state index is 12.3. The Bertz CT molecular complexity index is 788. The van der Waals surface area contributed by atoms with Gasteiger partial charge >= 0.3 is 0 Å². The number of aryl methyl sites for hydroxylation is 2. The lowest BCUT2D eigenvalue weighted by atomic mass is 10.1. The number of carbonyl (C=O) groups excluding carboxylic acids is 1. The van der Waals surface area contributed by atoms with Crippen LogP contribution in [0.2, 0.25) is 0 Å². The smallest absolute Gasteiger partial charge is 0.272 e. The molecule has 0 aliphatic rings. The summed E-state index contributed by atoms with van der Waals surface area (Å²) in [5.41, 5.74) is 0.401. The number of nitrogens with one attached hydrogen (secondary N) is 1. The van der Waals surface area contributed by atoms with Gasteiger partial charge in [-0.25, -0.2) is 0 Å². The molecule has 2 N–H and O–H groups in total. The average Bonchev–Trinajstić information content (AvgIpc) is 2.54. The second kappa shape index (κ2) is 7.67. The highest BCUT2D eigenvalue weighted by Crippen LogP contribution is 2.25. The zero-order chi connectivity index (χ0) is 18.6. The van der Waals surface area contributed by atoms with Crippen LogP contribution in [0.15, 0.2) is 47.4 Å². The van der Waals surface area contributed by atoms with E-state index >= 15 is 0 Å². The van der Waals surface area contributed by atoms with E-state index in [1.54, 1.807) is 6.92 Å². The van der Waals surface area contributed by atoms with Gasteiger partial charge in [-0.2, -0.15) is 0 Å². The Kier molecular flexibility index (Phi) is 5.81. The first-order valence-corrected chi connectivity index (χ1v) is 8.66. The molecule has 1 atom stereocenters. The number of rotatable bonds is 6. The van der Waals surface area contributed by atoms with Crippen LogP contribution >= 0.6 is 11.8 Å². The van der Waals surface area contributed by atoms with E-state index in [-0.39, 0.29) is 11.4 Å². The predicted molar refractivity (Wildman–Crippen MR) is 99.0 cm³/mol.